The lowest BCUT2D eigenvalue weighted by Crippen LogP contribution is -2.32. The standard InChI is InChI=1S/C14H16Cl2N2O3/c15-8-5-10(14(20)21)12(11(16)6-8)18-13(19)7-1-3-9(17)4-2-7/h5-7,9H,1-4,17H2,(H,18,19)(H,20,21). The average Bonchev–Trinajstić information content (AvgIpc) is 2.41. The fraction of sp³-hybridized carbons (Fsp3) is 0.429. The van der Waals surface area contributed by atoms with Gasteiger partial charge in [0.15, 0.2) is 0 Å². The van der Waals surface area contributed by atoms with Gasteiger partial charge in [0, 0.05) is 17.0 Å². The predicted molar refractivity (Wildman–Crippen MR) is 82.0 cm³/mol. The number of carbonyl (C=O) groups excluding carboxylic acids is 1. The molecule has 1 fully saturated rings. The number of hydrogen-bond acceptors (Lipinski definition) is 3. The number of carboxylic acids is 1. The fourth-order valence-electron chi connectivity index (χ4n) is 2.48. The van der Waals surface area contributed by atoms with Crippen molar-refractivity contribution >= 4 is 40.8 Å². The molecule has 1 aromatic rings. The molecular formula is C14H16Cl2N2O3. The molecular weight excluding hydrogens is 315 g/mol. The molecule has 0 spiro atoms. The summed E-state index contributed by atoms with van der Waals surface area (Å²) in [6.07, 6.45) is 2.97. The summed E-state index contributed by atoms with van der Waals surface area (Å²) in [7, 11) is 0. The second kappa shape index (κ2) is 6.64. The molecule has 0 heterocycles. The van der Waals surface area contributed by atoms with Crippen LogP contribution in [0.25, 0.3) is 0 Å². The zero-order valence-corrected chi connectivity index (χ0v) is 12.7. The van der Waals surface area contributed by atoms with Gasteiger partial charge in [-0.2, -0.15) is 0 Å². The van der Waals surface area contributed by atoms with Crippen LogP contribution in [0.5, 0.6) is 0 Å². The summed E-state index contributed by atoms with van der Waals surface area (Å²) in [6.45, 7) is 0. The normalized spacial score (nSPS) is 21.9. The highest BCUT2D eigenvalue weighted by Crippen LogP contribution is 2.32. The van der Waals surface area contributed by atoms with Crippen molar-refractivity contribution in [2.24, 2.45) is 11.7 Å². The van der Waals surface area contributed by atoms with Crippen molar-refractivity contribution in [1.29, 1.82) is 0 Å². The van der Waals surface area contributed by atoms with Crippen molar-refractivity contribution in [1.82, 2.24) is 0 Å². The number of aromatic carboxylic acids is 1. The molecule has 7 heteroatoms. The average molecular weight is 331 g/mol. The van der Waals surface area contributed by atoms with Crippen LogP contribution < -0.4 is 11.1 Å². The Balaban J connectivity index is 2.19. The van der Waals surface area contributed by atoms with Crippen LogP contribution in [0.15, 0.2) is 12.1 Å². The van der Waals surface area contributed by atoms with Crippen LogP contribution in [-0.4, -0.2) is 23.0 Å². The maximum absolute atomic E-state index is 12.2. The number of nitrogens with two attached hydrogens (primary N) is 1. The summed E-state index contributed by atoms with van der Waals surface area (Å²) in [5, 5.41) is 12.1. The Morgan fingerprint density at radius 2 is 1.81 bits per heavy atom. The van der Waals surface area contributed by atoms with E-state index < -0.39 is 5.97 Å². The molecule has 1 aliphatic carbocycles. The molecule has 21 heavy (non-hydrogen) atoms. The van der Waals surface area contributed by atoms with Crippen LogP contribution in [0.1, 0.15) is 36.0 Å². The van der Waals surface area contributed by atoms with E-state index in [0.29, 0.717) is 12.8 Å². The lowest BCUT2D eigenvalue weighted by molar-refractivity contribution is -0.120. The second-order valence-electron chi connectivity index (χ2n) is 5.22. The molecule has 0 bridgehead atoms. The number of anilines is 1. The van der Waals surface area contributed by atoms with Gasteiger partial charge >= 0.3 is 5.97 Å². The maximum Gasteiger partial charge on any atom is 0.337 e. The molecule has 1 saturated carbocycles. The fourth-order valence-corrected chi connectivity index (χ4v) is 3.02. The van der Waals surface area contributed by atoms with Gasteiger partial charge in [0.2, 0.25) is 5.91 Å². The Kier molecular flexibility index (Phi) is 5.08. The number of carboxylic acid groups (broad SMARTS) is 1. The first-order valence-electron chi connectivity index (χ1n) is 6.67. The summed E-state index contributed by atoms with van der Waals surface area (Å²) < 4.78 is 0. The van der Waals surface area contributed by atoms with Crippen LogP contribution >= 0.6 is 23.2 Å². The molecule has 1 aromatic carbocycles. The van der Waals surface area contributed by atoms with E-state index in [0.717, 1.165) is 12.8 Å². The summed E-state index contributed by atoms with van der Waals surface area (Å²) in [6, 6.07) is 2.81. The predicted octanol–water partition coefficient (Wildman–Crippen LogP) is 3.15. The van der Waals surface area contributed by atoms with Crippen molar-refractivity contribution in [2.45, 2.75) is 31.7 Å². The molecule has 0 radical (unpaired) electrons. The summed E-state index contributed by atoms with van der Waals surface area (Å²) in [5.74, 6) is -1.59. The van der Waals surface area contributed by atoms with Gasteiger partial charge in [-0.15, -0.1) is 0 Å². The minimum absolute atomic E-state index is 0.0911. The van der Waals surface area contributed by atoms with Gasteiger partial charge in [-0.1, -0.05) is 23.2 Å². The van der Waals surface area contributed by atoms with Crippen LogP contribution in [-0.2, 0) is 4.79 Å². The first-order valence-corrected chi connectivity index (χ1v) is 7.43. The quantitative estimate of drug-likeness (QED) is 0.793. The number of rotatable bonds is 3. The van der Waals surface area contributed by atoms with Crippen molar-refractivity contribution < 1.29 is 14.7 Å². The molecule has 114 valence electrons. The van der Waals surface area contributed by atoms with Crippen LogP contribution in [0.2, 0.25) is 10.0 Å². The van der Waals surface area contributed by atoms with Gasteiger partial charge in [-0.25, -0.2) is 4.79 Å². The van der Waals surface area contributed by atoms with Crippen LogP contribution in [0, 0.1) is 5.92 Å². The van der Waals surface area contributed by atoms with Crippen LogP contribution in [0.3, 0.4) is 0 Å². The molecule has 0 aliphatic heterocycles. The highest BCUT2D eigenvalue weighted by atomic mass is 35.5. The van der Waals surface area contributed by atoms with Crippen LogP contribution in [0.4, 0.5) is 5.69 Å². The summed E-state index contributed by atoms with van der Waals surface area (Å²) in [5.41, 5.74) is 5.78. The lowest BCUT2D eigenvalue weighted by Gasteiger charge is -2.25. The molecule has 1 amide bonds. The van der Waals surface area contributed by atoms with E-state index in [-0.39, 0.29) is 39.2 Å². The Morgan fingerprint density at radius 1 is 1.19 bits per heavy atom. The first kappa shape index (κ1) is 16.1. The second-order valence-corrected chi connectivity index (χ2v) is 6.06. The maximum atomic E-state index is 12.2. The van der Waals surface area contributed by atoms with Crippen molar-refractivity contribution in [3.05, 3.63) is 27.7 Å². The monoisotopic (exact) mass is 330 g/mol. The van der Waals surface area contributed by atoms with E-state index in [1.807, 2.05) is 0 Å². The zero-order valence-electron chi connectivity index (χ0n) is 11.2. The summed E-state index contributed by atoms with van der Waals surface area (Å²) >= 11 is 11.8. The Labute approximate surface area is 132 Å². The molecule has 2 rings (SSSR count). The number of amides is 1. The van der Waals surface area contributed by atoms with Gasteiger partial charge in [-0.05, 0) is 37.8 Å². The van der Waals surface area contributed by atoms with E-state index in [1.165, 1.54) is 12.1 Å². The topological polar surface area (TPSA) is 92.4 Å². The van der Waals surface area contributed by atoms with Gasteiger partial charge < -0.3 is 16.2 Å². The molecule has 1 aliphatic rings. The number of halogens is 2. The Bertz CT molecular complexity index is 570. The van der Waals surface area contributed by atoms with E-state index in [9.17, 15) is 14.7 Å². The van der Waals surface area contributed by atoms with E-state index in [2.05, 4.69) is 5.32 Å². The molecule has 0 saturated heterocycles. The number of nitrogens with one attached hydrogen (secondary N) is 1. The highest BCUT2D eigenvalue weighted by molar-refractivity contribution is 6.37. The smallest absolute Gasteiger partial charge is 0.337 e. The largest absolute Gasteiger partial charge is 0.478 e. The minimum atomic E-state index is -1.19. The SMILES string of the molecule is NC1CCC(C(=O)Nc2c(Cl)cc(Cl)cc2C(=O)O)CC1. The van der Waals surface area contributed by atoms with E-state index in [4.69, 9.17) is 28.9 Å². The third kappa shape index (κ3) is 3.87. The van der Waals surface area contributed by atoms with Gasteiger partial charge in [0.25, 0.3) is 0 Å². The minimum Gasteiger partial charge on any atom is -0.478 e. The molecule has 4 N–H and O–H groups in total. The Morgan fingerprint density at radius 3 is 2.38 bits per heavy atom. The van der Waals surface area contributed by atoms with Gasteiger partial charge in [0.1, 0.15) is 0 Å². The Hall–Kier alpha value is -1.30. The first-order chi connectivity index (χ1) is 9.88. The summed E-state index contributed by atoms with van der Waals surface area (Å²) in [4.78, 5) is 23.5. The van der Waals surface area contributed by atoms with Crippen molar-refractivity contribution in [2.75, 3.05) is 5.32 Å². The third-order valence-electron chi connectivity index (χ3n) is 3.68. The number of benzene rings is 1. The van der Waals surface area contributed by atoms with E-state index in [1.54, 1.807) is 0 Å². The molecule has 0 aromatic heterocycles. The third-order valence-corrected chi connectivity index (χ3v) is 4.19. The van der Waals surface area contributed by atoms with E-state index >= 15 is 0 Å². The van der Waals surface area contributed by atoms with Crippen molar-refractivity contribution in [3.8, 4) is 0 Å². The molecule has 5 nitrogen and oxygen atoms in total. The molecule has 0 unspecified atom stereocenters. The lowest BCUT2D eigenvalue weighted by atomic mass is 9.86. The number of hydrogen-bond donors (Lipinski definition) is 3. The van der Waals surface area contributed by atoms with Gasteiger partial charge in [-0.3, -0.25) is 4.79 Å². The highest BCUT2D eigenvalue weighted by Gasteiger charge is 2.26. The van der Waals surface area contributed by atoms with Crippen molar-refractivity contribution in [3.63, 3.8) is 0 Å². The zero-order chi connectivity index (χ0) is 15.6. The van der Waals surface area contributed by atoms with Gasteiger partial charge in [0.05, 0.1) is 16.3 Å². The molecule has 0 atom stereocenters. The number of carbonyl (C=O) groups is 2.